The fourth-order valence-corrected chi connectivity index (χ4v) is 5.92. The Morgan fingerprint density at radius 2 is 2.00 bits per heavy atom. The highest BCUT2D eigenvalue weighted by Crippen LogP contribution is 2.26. The van der Waals surface area contributed by atoms with E-state index in [4.69, 9.17) is 22.1 Å². The van der Waals surface area contributed by atoms with Crippen molar-refractivity contribution in [3.63, 3.8) is 0 Å². The average Bonchev–Trinajstić information content (AvgIpc) is 3.04. The van der Waals surface area contributed by atoms with E-state index in [1.807, 2.05) is 34.2 Å². The van der Waals surface area contributed by atoms with Crippen molar-refractivity contribution in [1.82, 2.24) is 23.8 Å². The summed E-state index contributed by atoms with van der Waals surface area (Å²) in [6, 6.07) is 8.04. The van der Waals surface area contributed by atoms with Gasteiger partial charge < -0.3 is 4.74 Å². The van der Waals surface area contributed by atoms with Gasteiger partial charge in [0.1, 0.15) is 5.75 Å². The van der Waals surface area contributed by atoms with Gasteiger partial charge in [-0.25, -0.2) is 17.8 Å². The Kier molecular flexibility index (Phi) is 6.34. The second-order valence-corrected chi connectivity index (χ2v) is 10.4. The number of piperidine rings is 1. The van der Waals surface area contributed by atoms with Gasteiger partial charge >= 0.3 is 0 Å². The second-order valence-electron chi connectivity index (χ2n) is 8.16. The summed E-state index contributed by atoms with van der Waals surface area (Å²) >= 11 is 5.77. The molecule has 3 heterocycles. The number of likely N-dealkylation sites (tertiary alicyclic amines) is 1. The fraction of sp³-hybridized carbons (Fsp3) is 0.524. The van der Waals surface area contributed by atoms with Crippen LogP contribution < -0.4 is 9.46 Å². The molecule has 0 radical (unpaired) electrons. The maximum Gasteiger partial charge on any atom is 0.211 e. The van der Waals surface area contributed by atoms with E-state index in [1.165, 1.54) is 0 Å². The molecule has 1 aliphatic rings. The van der Waals surface area contributed by atoms with Crippen LogP contribution in [0, 0.1) is 11.7 Å². The minimum absolute atomic E-state index is 0.000832. The second kappa shape index (κ2) is 8.85. The van der Waals surface area contributed by atoms with Crippen molar-refractivity contribution in [2.24, 2.45) is 0 Å². The number of pyridine rings is 1. The highest BCUT2D eigenvalue weighted by Gasteiger charge is 2.24. The van der Waals surface area contributed by atoms with Crippen LogP contribution in [0.1, 0.15) is 31.7 Å². The van der Waals surface area contributed by atoms with Crippen LogP contribution in [0.2, 0.25) is 0 Å². The number of hydrogen-bond acceptors (Lipinski definition) is 6. The number of aryl methyl sites for hydroxylation is 1. The van der Waals surface area contributed by atoms with Crippen molar-refractivity contribution in [3.05, 3.63) is 34.6 Å². The fourth-order valence-electron chi connectivity index (χ4n) is 4.23. The molecule has 0 atom stereocenters. The van der Waals surface area contributed by atoms with Crippen LogP contribution in [-0.4, -0.2) is 59.5 Å². The first-order chi connectivity index (χ1) is 14.8. The number of rotatable bonds is 7. The molecule has 10 heteroatoms. The lowest BCUT2D eigenvalue weighted by molar-refractivity contribution is 0.157. The van der Waals surface area contributed by atoms with Crippen molar-refractivity contribution in [3.8, 4) is 5.75 Å². The summed E-state index contributed by atoms with van der Waals surface area (Å²) in [5.74, 6) is 0.962. The van der Waals surface area contributed by atoms with E-state index in [-0.39, 0.29) is 11.8 Å². The molecule has 1 fully saturated rings. The van der Waals surface area contributed by atoms with E-state index >= 15 is 0 Å². The van der Waals surface area contributed by atoms with Crippen LogP contribution in [0.25, 0.3) is 16.6 Å². The SMILES string of the molecule is CCCS(=O)(=O)NC1CCN(Cn2nc3cc(C)c4ccc(OC)cc4n3c2=S)CC1. The summed E-state index contributed by atoms with van der Waals surface area (Å²) in [7, 11) is -1.52. The molecule has 168 valence electrons. The first kappa shape index (κ1) is 22.2. The lowest BCUT2D eigenvalue weighted by atomic mass is 10.1. The number of nitrogens with one attached hydrogen (secondary N) is 1. The molecule has 1 saturated heterocycles. The first-order valence-electron chi connectivity index (χ1n) is 10.6. The van der Waals surface area contributed by atoms with Gasteiger partial charge in [-0.2, -0.15) is 5.10 Å². The zero-order chi connectivity index (χ0) is 22.2. The molecular weight excluding hydrogens is 434 g/mol. The maximum atomic E-state index is 12.0. The number of aromatic nitrogens is 3. The number of nitrogens with zero attached hydrogens (tertiary/aromatic N) is 4. The number of sulfonamides is 1. The predicted octanol–water partition coefficient (Wildman–Crippen LogP) is 3.09. The van der Waals surface area contributed by atoms with Gasteiger partial charge in [0.25, 0.3) is 0 Å². The molecule has 0 saturated carbocycles. The van der Waals surface area contributed by atoms with E-state index in [1.54, 1.807) is 7.11 Å². The summed E-state index contributed by atoms with van der Waals surface area (Å²) in [6.07, 6.45) is 2.19. The van der Waals surface area contributed by atoms with Crippen molar-refractivity contribution in [2.75, 3.05) is 26.0 Å². The molecule has 0 bridgehead atoms. The number of hydrogen-bond donors (Lipinski definition) is 1. The van der Waals surface area contributed by atoms with Crippen molar-refractivity contribution in [1.29, 1.82) is 0 Å². The van der Waals surface area contributed by atoms with Crippen molar-refractivity contribution in [2.45, 2.75) is 45.8 Å². The molecule has 8 nitrogen and oxygen atoms in total. The summed E-state index contributed by atoms with van der Waals surface area (Å²) in [4.78, 5) is 2.27. The lowest BCUT2D eigenvalue weighted by Gasteiger charge is -2.31. The summed E-state index contributed by atoms with van der Waals surface area (Å²) < 4.78 is 36.8. The molecule has 4 rings (SSSR count). The molecule has 1 aliphatic heterocycles. The van der Waals surface area contributed by atoms with Crippen LogP contribution in [0.3, 0.4) is 0 Å². The third-order valence-corrected chi connectivity index (χ3v) is 7.85. The minimum Gasteiger partial charge on any atom is -0.497 e. The molecule has 31 heavy (non-hydrogen) atoms. The Morgan fingerprint density at radius 3 is 2.68 bits per heavy atom. The molecule has 2 aromatic heterocycles. The van der Waals surface area contributed by atoms with E-state index in [9.17, 15) is 8.42 Å². The molecule has 1 N–H and O–H groups in total. The van der Waals surface area contributed by atoms with E-state index in [2.05, 4.69) is 22.6 Å². The van der Waals surface area contributed by atoms with Crippen LogP contribution in [0.15, 0.2) is 24.3 Å². The number of fused-ring (bicyclic) bond motifs is 3. The van der Waals surface area contributed by atoms with E-state index < -0.39 is 10.0 Å². The third-order valence-electron chi connectivity index (χ3n) is 5.82. The van der Waals surface area contributed by atoms with Gasteiger partial charge in [-0.1, -0.05) is 6.92 Å². The van der Waals surface area contributed by atoms with Gasteiger partial charge in [-0.3, -0.25) is 9.30 Å². The summed E-state index contributed by atoms with van der Waals surface area (Å²) in [6.45, 7) is 6.12. The Morgan fingerprint density at radius 1 is 1.26 bits per heavy atom. The molecule has 0 amide bonds. The normalized spacial score (nSPS) is 16.4. The molecule has 0 aliphatic carbocycles. The molecule has 1 aromatic carbocycles. The van der Waals surface area contributed by atoms with Gasteiger partial charge in [0, 0.05) is 30.6 Å². The van der Waals surface area contributed by atoms with Gasteiger partial charge in [0.15, 0.2) is 5.65 Å². The van der Waals surface area contributed by atoms with Gasteiger partial charge in [-0.05, 0) is 62.2 Å². The van der Waals surface area contributed by atoms with Crippen molar-refractivity contribution < 1.29 is 13.2 Å². The Labute approximate surface area is 187 Å². The number of methoxy groups -OCH3 is 1. The lowest BCUT2D eigenvalue weighted by Crippen LogP contribution is -2.45. The highest BCUT2D eigenvalue weighted by molar-refractivity contribution is 7.89. The Hall–Kier alpha value is -2.01. The monoisotopic (exact) mass is 463 g/mol. The van der Waals surface area contributed by atoms with E-state index in [0.29, 0.717) is 17.9 Å². The summed E-state index contributed by atoms with van der Waals surface area (Å²) in [5.41, 5.74) is 2.93. The quantitative estimate of drug-likeness (QED) is 0.543. The number of ether oxygens (including phenoxy) is 1. The topological polar surface area (TPSA) is 80.9 Å². The zero-order valence-electron chi connectivity index (χ0n) is 18.2. The van der Waals surface area contributed by atoms with E-state index in [0.717, 1.165) is 53.8 Å². The van der Waals surface area contributed by atoms with Crippen LogP contribution in [0.4, 0.5) is 0 Å². The third kappa shape index (κ3) is 4.62. The molecular formula is C21H29N5O3S2. The van der Waals surface area contributed by atoms with Crippen LogP contribution in [0.5, 0.6) is 5.75 Å². The standard InChI is InChI=1S/C21H29N5O3S2/c1-4-11-31(27,28)23-16-7-9-24(10-8-16)14-25-21(30)26-19-13-17(29-3)5-6-18(19)15(2)12-20(26)22-25/h5-6,12-13,16,23H,4,7-11,14H2,1-3H3. The Bertz CT molecular complexity index is 1260. The molecule has 0 unspecified atom stereocenters. The van der Waals surface area contributed by atoms with Gasteiger partial charge in [-0.15, -0.1) is 0 Å². The maximum absolute atomic E-state index is 12.0. The van der Waals surface area contributed by atoms with Crippen LogP contribution in [-0.2, 0) is 16.7 Å². The van der Waals surface area contributed by atoms with Crippen molar-refractivity contribution >= 4 is 38.8 Å². The first-order valence-corrected chi connectivity index (χ1v) is 12.7. The Balaban J connectivity index is 1.54. The van der Waals surface area contributed by atoms with Gasteiger partial charge in [0.05, 0.1) is 25.0 Å². The van der Waals surface area contributed by atoms with Gasteiger partial charge in [0.2, 0.25) is 14.8 Å². The predicted molar refractivity (Wildman–Crippen MR) is 125 cm³/mol. The average molecular weight is 464 g/mol. The summed E-state index contributed by atoms with van der Waals surface area (Å²) in [5, 5.41) is 5.87. The minimum atomic E-state index is -3.18. The zero-order valence-corrected chi connectivity index (χ0v) is 19.8. The highest BCUT2D eigenvalue weighted by atomic mass is 32.2. The largest absolute Gasteiger partial charge is 0.497 e. The van der Waals surface area contributed by atoms with Crippen LogP contribution >= 0.6 is 12.2 Å². The molecule has 3 aromatic rings. The smallest absolute Gasteiger partial charge is 0.211 e. The number of benzene rings is 1. The molecule has 0 spiro atoms.